The third-order valence-corrected chi connectivity index (χ3v) is 5.55. The number of allylic oxidation sites excluding steroid dienone is 1. The van der Waals surface area contributed by atoms with Crippen molar-refractivity contribution in [2.45, 2.75) is 20.3 Å². The van der Waals surface area contributed by atoms with Gasteiger partial charge in [0.15, 0.2) is 0 Å². The van der Waals surface area contributed by atoms with Crippen molar-refractivity contribution in [2.75, 3.05) is 17.3 Å². The zero-order chi connectivity index (χ0) is 21.1. The molecule has 0 aliphatic heterocycles. The normalized spacial score (nSPS) is 10.6. The van der Waals surface area contributed by atoms with Gasteiger partial charge in [-0.1, -0.05) is 13.5 Å². The monoisotopic (exact) mass is 410 g/mol. The van der Waals surface area contributed by atoms with Crippen molar-refractivity contribution >= 4 is 50.6 Å². The molecule has 0 aliphatic rings. The first-order chi connectivity index (χ1) is 13.8. The predicted octanol–water partition coefficient (Wildman–Crippen LogP) is 4.98. The lowest BCUT2D eigenvalue weighted by Gasteiger charge is -2.25. The molecule has 7 nitrogen and oxygen atoms in total. The Labute approximate surface area is 172 Å². The molecule has 0 saturated heterocycles. The maximum atomic E-state index is 12.3. The van der Waals surface area contributed by atoms with Crippen molar-refractivity contribution in [1.82, 2.24) is 10.3 Å². The van der Waals surface area contributed by atoms with Gasteiger partial charge in [-0.25, -0.2) is 9.59 Å². The van der Waals surface area contributed by atoms with Gasteiger partial charge in [-0.15, -0.1) is 11.3 Å². The first-order valence-corrected chi connectivity index (χ1v) is 9.86. The third-order valence-electron chi connectivity index (χ3n) is 4.40. The van der Waals surface area contributed by atoms with Crippen LogP contribution in [0.1, 0.15) is 29.1 Å². The van der Waals surface area contributed by atoms with Crippen molar-refractivity contribution < 1.29 is 14.7 Å². The van der Waals surface area contributed by atoms with Crippen LogP contribution >= 0.6 is 11.3 Å². The second kappa shape index (κ2) is 8.32. The number of pyridine rings is 1. The number of hydrogen-bond acceptors (Lipinski definition) is 5. The van der Waals surface area contributed by atoms with Crippen LogP contribution in [0.3, 0.4) is 0 Å². The van der Waals surface area contributed by atoms with Gasteiger partial charge in [0.1, 0.15) is 4.88 Å². The number of nitrogens with one attached hydrogen (secondary N) is 2. The van der Waals surface area contributed by atoms with Crippen molar-refractivity contribution in [3.63, 3.8) is 0 Å². The van der Waals surface area contributed by atoms with E-state index in [4.69, 9.17) is 0 Å². The molecule has 150 valence electrons. The van der Waals surface area contributed by atoms with Gasteiger partial charge in [-0.05, 0) is 49.2 Å². The average molecular weight is 410 g/mol. The van der Waals surface area contributed by atoms with Crippen LogP contribution in [-0.2, 0) is 6.42 Å². The summed E-state index contributed by atoms with van der Waals surface area (Å²) in [4.78, 5) is 29.6. The van der Waals surface area contributed by atoms with Crippen molar-refractivity contribution in [1.29, 1.82) is 0 Å². The highest BCUT2D eigenvalue weighted by atomic mass is 32.1. The molecule has 0 atom stereocenters. The summed E-state index contributed by atoms with van der Waals surface area (Å²) in [5, 5.41) is 15.2. The number of aryl methyl sites for hydroxylation is 1. The molecule has 0 saturated carbocycles. The SMILES string of the molecule is C=C(C)N(C(=O)NC)c1ccc(Nc2ccnc3cc(C(=O)O)sc23)cc1CC. The number of carboxylic acid groups (broad SMARTS) is 1. The fourth-order valence-corrected chi connectivity index (χ4v) is 3.99. The molecule has 2 aromatic heterocycles. The predicted molar refractivity (Wildman–Crippen MR) is 117 cm³/mol. The number of aromatic nitrogens is 1. The summed E-state index contributed by atoms with van der Waals surface area (Å²) in [6.07, 6.45) is 2.37. The highest BCUT2D eigenvalue weighted by molar-refractivity contribution is 7.21. The lowest BCUT2D eigenvalue weighted by Crippen LogP contribution is -2.37. The highest BCUT2D eigenvalue weighted by Gasteiger charge is 2.19. The largest absolute Gasteiger partial charge is 0.477 e. The number of amides is 2. The number of carbonyl (C=O) groups is 2. The molecule has 0 radical (unpaired) electrons. The van der Waals surface area contributed by atoms with Crippen LogP contribution in [0.4, 0.5) is 21.9 Å². The van der Waals surface area contributed by atoms with Crippen LogP contribution in [0, 0.1) is 0 Å². The van der Waals surface area contributed by atoms with E-state index in [1.807, 2.05) is 31.2 Å². The number of carboxylic acids is 1. The number of benzene rings is 1. The quantitative estimate of drug-likeness (QED) is 0.533. The van der Waals surface area contributed by atoms with Gasteiger partial charge in [0.05, 0.1) is 21.6 Å². The molecule has 1 aromatic carbocycles. The van der Waals surface area contributed by atoms with E-state index < -0.39 is 5.97 Å². The zero-order valence-corrected chi connectivity index (χ0v) is 17.3. The summed E-state index contributed by atoms with van der Waals surface area (Å²) >= 11 is 1.18. The van der Waals surface area contributed by atoms with Crippen LogP contribution in [0.2, 0.25) is 0 Å². The first kappa shape index (κ1) is 20.3. The van der Waals surface area contributed by atoms with Gasteiger partial charge < -0.3 is 15.7 Å². The third kappa shape index (κ3) is 4.07. The van der Waals surface area contributed by atoms with Gasteiger partial charge in [0, 0.05) is 24.6 Å². The van der Waals surface area contributed by atoms with E-state index in [1.165, 1.54) is 11.3 Å². The van der Waals surface area contributed by atoms with E-state index in [1.54, 1.807) is 31.1 Å². The molecule has 0 bridgehead atoms. The second-order valence-electron chi connectivity index (χ2n) is 6.44. The molecule has 0 spiro atoms. The van der Waals surface area contributed by atoms with E-state index in [-0.39, 0.29) is 10.9 Å². The Kier molecular flexibility index (Phi) is 5.84. The maximum absolute atomic E-state index is 12.3. The Morgan fingerprint density at radius 2 is 2.03 bits per heavy atom. The number of rotatable bonds is 6. The molecule has 0 aliphatic carbocycles. The minimum absolute atomic E-state index is 0.244. The van der Waals surface area contributed by atoms with E-state index in [9.17, 15) is 14.7 Å². The molecular weight excluding hydrogens is 388 g/mol. The standard InChI is InChI=1S/C21H22N4O3S/c1-5-13-10-14(6-7-17(13)25(12(2)3)21(28)22-4)24-15-8-9-23-16-11-18(20(26)27)29-19(15)16/h6-11H,2,5H2,1,3-4H3,(H,22,28)(H,23,24)(H,26,27). The van der Waals surface area contributed by atoms with E-state index >= 15 is 0 Å². The van der Waals surface area contributed by atoms with Gasteiger partial charge in [0.2, 0.25) is 0 Å². The number of thiophene rings is 1. The van der Waals surface area contributed by atoms with Crippen molar-refractivity contribution in [2.24, 2.45) is 0 Å². The average Bonchev–Trinajstić information content (AvgIpc) is 3.14. The maximum Gasteiger partial charge on any atom is 0.345 e. The molecule has 3 N–H and O–H groups in total. The lowest BCUT2D eigenvalue weighted by atomic mass is 10.1. The number of carbonyl (C=O) groups excluding carboxylic acids is 1. The summed E-state index contributed by atoms with van der Waals surface area (Å²) in [5.74, 6) is -0.967. The molecule has 3 rings (SSSR count). The molecule has 2 amide bonds. The minimum Gasteiger partial charge on any atom is -0.477 e. The van der Waals surface area contributed by atoms with Crippen LogP contribution in [0.25, 0.3) is 10.2 Å². The second-order valence-corrected chi connectivity index (χ2v) is 7.49. The lowest BCUT2D eigenvalue weighted by molar-refractivity contribution is 0.0702. The van der Waals surface area contributed by atoms with Crippen LogP contribution in [0.5, 0.6) is 0 Å². The Morgan fingerprint density at radius 1 is 1.28 bits per heavy atom. The van der Waals surface area contributed by atoms with E-state index in [0.29, 0.717) is 11.2 Å². The van der Waals surface area contributed by atoms with Gasteiger partial charge in [-0.3, -0.25) is 9.88 Å². The molecule has 0 fully saturated rings. The van der Waals surface area contributed by atoms with Crippen LogP contribution < -0.4 is 15.5 Å². The fourth-order valence-electron chi connectivity index (χ4n) is 3.06. The molecule has 2 heterocycles. The topological polar surface area (TPSA) is 94.6 Å². The minimum atomic E-state index is -0.967. The first-order valence-electron chi connectivity index (χ1n) is 9.04. The summed E-state index contributed by atoms with van der Waals surface area (Å²) in [5.41, 5.74) is 4.62. The number of fused-ring (bicyclic) bond motifs is 1. The summed E-state index contributed by atoms with van der Waals surface area (Å²) in [6.45, 7) is 7.72. The number of urea groups is 1. The van der Waals surface area contributed by atoms with Gasteiger partial charge in [0.25, 0.3) is 0 Å². The molecule has 8 heteroatoms. The summed E-state index contributed by atoms with van der Waals surface area (Å²) in [7, 11) is 1.58. The molecular formula is C21H22N4O3S. The van der Waals surface area contributed by atoms with Gasteiger partial charge >= 0.3 is 12.0 Å². The Balaban J connectivity index is 1.99. The Hall–Kier alpha value is -3.39. The summed E-state index contributed by atoms with van der Waals surface area (Å²) in [6, 6.07) is 8.87. The van der Waals surface area contributed by atoms with Crippen molar-refractivity contribution in [3.05, 3.63) is 59.2 Å². The van der Waals surface area contributed by atoms with Crippen LogP contribution in [-0.4, -0.2) is 29.1 Å². The smallest absolute Gasteiger partial charge is 0.345 e. The number of anilines is 3. The summed E-state index contributed by atoms with van der Waals surface area (Å²) < 4.78 is 0.779. The number of nitrogens with zero attached hydrogens (tertiary/aromatic N) is 2. The van der Waals surface area contributed by atoms with Crippen LogP contribution in [0.15, 0.2) is 48.8 Å². The molecule has 3 aromatic rings. The zero-order valence-electron chi connectivity index (χ0n) is 16.4. The number of hydrogen-bond donors (Lipinski definition) is 3. The highest BCUT2D eigenvalue weighted by Crippen LogP contribution is 2.34. The molecule has 29 heavy (non-hydrogen) atoms. The van der Waals surface area contributed by atoms with E-state index in [2.05, 4.69) is 22.2 Å². The Bertz CT molecular complexity index is 1110. The van der Waals surface area contributed by atoms with Gasteiger partial charge in [-0.2, -0.15) is 0 Å². The Morgan fingerprint density at radius 3 is 2.66 bits per heavy atom. The fraction of sp³-hybridized carbons (Fsp3) is 0.190. The molecule has 0 unspecified atom stereocenters. The van der Waals surface area contributed by atoms with E-state index in [0.717, 1.165) is 33.7 Å². The number of aromatic carboxylic acids is 1. The van der Waals surface area contributed by atoms with Crippen molar-refractivity contribution in [3.8, 4) is 0 Å².